The fourth-order valence-electron chi connectivity index (χ4n) is 5.54. The maximum Gasteiger partial charge on any atom is 0.356 e. The molecule has 0 fully saturated rings. The lowest BCUT2D eigenvalue weighted by molar-refractivity contribution is -0.148. The van der Waals surface area contributed by atoms with Gasteiger partial charge < -0.3 is 23.8 Å². The molecule has 4 heterocycles. The minimum absolute atomic E-state index is 0.240. The van der Waals surface area contributed by atoms with Crippen molar-refractivity contribution in [3.8, 4) is 16.9 Å². The van der Waals surface area contributed by atoms with Crippen molar-refractivity contribution in [2.24, 2.45) is 4.99 Å². The predicted octanol–water partition coefficient (Wildman–Crippen LogP) is 5.23. The van der Waals surface area contributed by atoms with Gasteiger partial charge in [0.05, 0.1) is 31.3 Å². The molecular weight excluding hydrogens is 548 g/mol. The molecule has 2 aromatic heterocycles. The number of methoxy groups -OCH3 is 1. The molecule has 11 heteroatoms. The van der Waals surface area contributed by atoms with Gasteiger partial charge in [-0.05, 0) is 56.7 Å². The Morgan fingerprint density at radius 3 is 2.71 bits per heavy atom. The van der Waals surface area contributed by atoms with Crippen molar-refractivity contribution in [3.63, 3.8) is 0 Å². The molecule has 0 N–H and O–H groups in total. The van der Waals surface area contributed by atoms with Crippen LogP contribution in [0.1, 0.15) is 42.4 Å². The van der Waals surface area contributed by atoms with Crippen molar-refractivity contribution < 1.29 is 28.5 Å². The van der Waals surface area contributed by atoms with Gasteiger partial charge in [-0.2, -0.15) is 5.10 Å². The molecule has 0 atom stereocenters. The number of rotatable bonds is 6. The zero-order valence-corrected chi connectivity index (χ0v) is 23.5. The number of fused-ring (bicyclic) bond motifs is 1. The summed E-state index contributed by atoms with van der Waals surface area (Å²) >= 11 is 6.41. The molecule has 1 aromatic carbocycles. The number of esters is 1. The summed E-state index contributed by atoms with van der Waals surface area (Å²) in [6.45, 7) is 4.31. The quantitative estimate of drug-likeness (QED) is 0.291. The Morgan fingerprint density at radius 1 is 1.15 bits per heavy atom. The number of carbonyl (C=O) groups is 1. The van der Waals surface area contributed by atoms with E-state index in [4.69, 9.17) is 35.5 Å². The summed E-state index contributed by atoms with van der Waals surface area (Å²) in [7, 11) is 1.33. The second kappa shape index (κ2) is 10.5. The van der Waals surface area contributed by atoms with E-state index in [9.17, 15) is 9.59 Å². The summed E-state index contributed by atoms with van der Waals surface area (Å²) in [5.41, 5.74) is 5.29. The predicted molar refractivity (Wildman–Crippen MR) is 151 cm³/mol. The number of ether oxygens (including phenoxy) is 4. The highest BCUT2D eigenvalue weighted by atomic mass is 35.5. The largest absolute Gasteiger partial charge is 0.491 e. The van der Waals surface area contributed by atoms with Gasteiger partial charge in [0.25, 0.3) is 5.79 Å². The van der Waals surface area contributed by atoms with Crippen LogP contribution in [-0.4, -0.2) is 58.3 Å². The number of hydrogen-bond donors (Lipinski definition) is 0. The Hall–Kier alpha value is -4.53. The van der Waals surface area contributed by atoms with E-state index in [1.807, 2.05) is 36.9 Å². The van der Waals surface area contributed by atoms with E-state index < -0.39 is 11.8 Å². The van der Waals surface area contributed by atoms with Crippen molar-refractivity contribution in [3.05, 3.63) is 82.3 Å². The second-order valence-corrected chi connectivity index (χ2v) is 10.4. The molecule has 2 aliphatic heterocycles. The highest BCUT2D eigenvalue weighted by Gasteiger charge is 2.44. The van der Waals surface area contributed by atoms with Crippen LogP contribution in [0, 0.1) is 6.92 Å². The molecule has 0 saturated carbocycles. The number of carbonyl (C=O) groups excluding carboxylic acids is 2. The number of aliphatic imine (C=N–C) groups is 1. The molecule has 6 rings (SSSR count). The van der Waals surface area contributed by atoms with Gasteiger partial charge >= 0.3 is 5.97 Å². The molecule has 210 valence electrons. The summed E-state index contributed by atoms with van der Waals surface area (Å²) in [4.78, 5) is 31.1. The Labute approximate surface area is 241 Å². The first-order valence-corrected chi connectivity index (χ1v) is 13.5. The van der Waals surface area contributed by atoms with Crippen LogP contribution >= 0.6 is 11.6 Å². The van der Waals surface area contributed by atoms with Crippen molar-refractivity contribution in [2.75, 3.05) is 20.3 Å². The maximum atomic E-state index is 12.3. The number of hydrogen-bond acceptors (Lipinski definition) is 9. The van der Waals surface area contributed by atoms with E-state index in [1.165, 1.54) is 19.6 Å². The summed E-state index contributed by atoms with van der Waals surface area (Å²) in [5.74, 6) is 2.12. The Morgan fingerprint density at radius 2 is 1.95 bits per heavy atom. The molecule has 1 aliphatic carbocycles. The molecule has 0 saturated heterocycles. The van der Waals surface area contributed by atoms with Crippen LogP contribution in [0.2, 0.25) is 5.02 Å². The summed E-state index contributed by atoms with van der Waals surface area (Å²) < 4.78 is 24.2. The van der Waals surface area contributed by atoms with Gasteiger partial charge in [0, 0.05) is 33.8 Å². The molecule has 3 aromatic rings. The van der Waals surface area contributed by atoms with Crippen LogP contribution < -0.4 is 4.74 Å². The van der Waals surface area contributed by atoms with Crippen molar-refractivity contribution >= 4 is 34.9 Å². The van der Waals surface area contributed by atoms with Crippen molar-refractivity contribution in [1.82, 2.24) is 14.5 Å². The molecule has 3 aliphatic rings. The number of benzene rings is 1. The topological polar surface area (TPSA) is 104 Å². The minimum atomic E-state index is -0.803. The molecule has 10 nitrogen and oxygen atoms in total. The monoisotopic (exact) mass is 574 g/mol. The van der Waals surface area contributed by atoms with Gasteiger partial charge in [-0.15, -0.1) is 0 Å². The standard InChI is InChI=1S/C30H27ClN4O6/c1-18-14-21(25-5-6-26(29(37)38-3)35(25)33-18)22-15-20(31)4-7-28(22)39-11-10-34-19(2)32-24-8-9-30(40-12-13-41-30)16-23(24)27(34)17-36/h4-7,12-15H,8-11,16H2,1-3H3. The number of aromatic nitrogens is 2. The highest BCUT2D eigenvalue weighted by Crippen LogP contribution is 2.44. The molecule has 0 unspecified atom stereocenters. The van der Waals surface area contributed by atoms with Crippen molar-refractivity contribution in [2.45, 2.75) is 38.9 Å². The average Bonchev–Trinajstić information content (AvgIpc) is 3.60. The van der Waals surface area contributed by atoms with E-state index in [-0.39, 0.29) is 6.61 Å². The van der Waals surface area contributed by atoms with Gasteiger partial charge in [-0.1, -0.05) is 11.6 Å². The maximum absolute atomic E-state index is 12.3. The summed E-state index contributed by atoms with van der Waals surface area (Å²) in [6, 6.07) is 10.8. The lowest BCUT2D eigenvalue weighted by atomic mass is 9.88. The minimum Gasteiger partial charge on any atom is -0.491 e. The number of amidine groups is 1. The van der Waals surface area contributed by atoms with Crippen LogP contribution in [-0.2, 0) is 19.0 Å². The number of allylic oxidation sites excluding steroid dienone is 2. The van der Waals surface area contributed by atoms with Crippen LogP contribution in [0.5, 0.6) is 5.75 Å². The second-order valence-electron chi connectivity index (χ2n) is 9.98. The first-order chi connectivity index (χ1) is 19.8. The average molecular weight is 575 g/mol. The SMILES string of the molecule is COC(=O)c1ccc2c(-c3cc(Cl)ccc3OCCN3C(=C=O)C4=C(CCC5(C4)OC=CO5)N=C3C)cc(C)nn12. The van der Waals surface area contributed by atoms with Gasteiger partial charge in [-0.3, -0.25) is 0 Å². The summed E-state index contributed by atoms with van der Waals surface area (Å²) in [6.07, 6.45) is 4.75. The van der Waals surface area contributed by atoms with Crippen molar-refractivity contribution in [1.29, 1.82) is 0 Å². The third kappa shape index (κ3) is 4.75. The lowest BCUT2D eigenvalue weighted by Crippen LogP contribution is -2.41. The zero-order chi connectivity index (χ0) is 28.7. The third-order valence-electron chi connectivity index (χ3n) is 7.44. The van der Waals surface area contributed by atoms with Crippen LogP contribution in [0.15, 0.2) is 70.9 Å². The van der Waals surface area contributed by atoms with Gasteiger partial charge in [0.1, 0.15) is 36.4 Å². The highest BCUT2D eigenvalue weighted by molar-refractivity contribution is 6.31. The third-order valence-corrected chi connectivity index (χ3v) is 7.67. The molecule has 0 bridgehead atoms. The van der Waals surface area contributed by atoms with Crippen LogP contribution in [0.3, 0.4) is 0 Å². The van der Waals surface area contributed by atoms with E-state index in [1.54, 1.807) is 22.7 Å². The normalized spacial score (nSPS) is 17.2. The lowest BCUT2D eigenvalue weighted by Gasteiger charge is -2.38. The zero-order valence-electron chi connectivity index (χ0n) is 22.8. The molecule has 41 heavy (non-hydrogen) atoms. The molecule has 0 amide bonds. The fraction of sp³-hybridized carbons (Fsp3) is 0.300. The Bertz CT molecular complexity index is 1710. The van der Waals surface area contributed by atoms with E-state index >= 15 is 0 Å². The van der Waals surface area contributed by atoms with E-state index in [2.05, 4.69) is 11.0 Å². The smallest absolute Gasteiger partial charge is 0.356 e. The fourth-order valence-corrected chi connectivity index (χ4v) is 5.71. The Kier molecular flexibility index (Phi) is 6.81. The van der Waals surface area contributed by atoms with E-state index in [0.717, 1.165) is 22.4 Å². The molecule has 1 spiro atoms. The molecule has 0 radical (unpaired) electrons. The first-order valence-electron chi connectivity index (χ1n) is 13.1. The number of halogens is 1. The Balaban J connectivity index is 1.26. The number of aryl methyl sites for hydroxylation is 1. The molecular formula is C30H27ClN4O6. The van der Waals surface area contributed by atoms with Crippen LogP contribution in [0.25, 0.3) is 16.6 Å². The number of nitrogens with zero attached hydrogens (tertiary/aromatic N) is 4. The summed E-state index contributed by atoms with van der Waals surface area (Å²) in [5, 5.41) is 5.04. The van der Waals surface area contributed by atoms with E-state index in [0.29, 0.717) is 65.0 Å². The first kappa shape index (κ1) is 26.7. The van der Waals surface area contributed by atoms with Gasteiger partial charge in [0.2, 0.25) is 0 Å². The van der Waals surface area contributed by atoms with Gasteiger partial charge in [-0.25, -0.2) is 19.1 Å². The van der Waals surface area contributed by atoms with Crippen LogP contribution in [0.4, 0.5) is 0 Å². The van der Waals surface area contributed by atoms with Gasteiger partial charge in [0.15, 0.2) is 11.6 Å².